The fourth-order valence-electron chi connectivity index (χ4n) is 16.9. The van der Waals surface area contributed by atoms with Crippen LogP contribution in [0.4, 0.5) is 34.1 Å². The summed E-state index contributed by atoms with van der Waals surface area (Å²) < 4.78 is 0. The zero-order valence-corrected chi connectivity index (χ0v) is 51.5. The first-order valence-corrected chi connectivity index (χ1v) is 33.4. The van der Waals surface area contributed by atoms with Gasteiger partial charge in [-0.3, -0.25) is 0 Å². The van der Waals surface area contributed by atoms with E-state index in [0.29, 0.717) is 11.8 Å². The molecule has 0 atom stereocenters. The van der Waals surface area contributed by atoms with Crippen molar-refractivity contribution in [3.05, 3.63) is 337 Å². The first-order chi connectivity index (χ1) is 45.2. The van der Waals surface area contributed by atoms with Gasteiger partial charge >= 0.3 is 0 Å². The molecule has 2 nitrogen and oxygen atoms in total. The summed E-state index contributed by atoms with van der Waals surface area (Å²) in [5, 5.41) is 8.14. The molecule has 14 aromatic carbocycles. The van der Waals surface area contributed by atoms with Gasteiger partial charge in [-0.25, -0.2) is 0 Å². The number of fused-ring (bicyclic) bond motifs is 3. The van der Waals surface area contributed by atoms with Crippen molar-refractivity contribution in [1.29, 1.82) is 0 Å². The van der Waals surface area contributed by atoms with Gasteiger partial charge in [0, 0.05) is 33.5 Å². The highest BCUT2D eigenvalue weighted by molar-refractivity contribution is 6.29. The third-order valence-electron chi connectivity index (χ3n) is 20.9. The summed E-state index contributed by atoms with van der Waals surface area (Å²) in [7, 11) is 0. The lowest BCUT2D eigenvalue weighted by molar-refractivity contribution is 0.445. The van der Waals surface area contributed by atoms with Gasteiger partial charge in [-0.15, -0.1) is 0 Å². The molecule has 0 bridgehead atoms. The van der Waals surface area contributed by atoms with Crippen LogP contribution in [0.5, 0.6) is 0 Å². The second-order valence-electron chi connectivity index (χ2n) is 25.8. The van der Waals surface area contributed by atoms with E-state index >= 15 is 0 Å². The molecule has 3 aliphatic rings. The van der Waals surface area contributed by atoms with E-state index in [4.69, 9.17) is 0 Å². The zero-order valence-electron chi connectivity index (χ0n) is 51.5. The molecule has 0 heterocycles. The lowest BCUT2D eigenvalue weighted by Gasteiger charge is -2.36. The predicted octanol–water partition coefficient (Wildman–Crippen LogP) is 25.0. The van der Waals surface area contributed by atoms with Crippen LogP contribution in [-0.2, 0) is 5.41 Å². The summed E-state index contributed by atoms with van der Waals surface area (Å²) in [4.78, 5) is 5.21. The number of hydrogen-bond acceptors (Lipinski definition) is 2. The molecule has 0 spiro atoms. The minimum absolute atomic E-state index is 0.442. The number of rotatable bonds is 13. The summed E-state index contributed by atoms with van der Waals surface area (Å²) in [5.41, 5.74) is 24.5. The molecule has 0 unspecified atom stereocenters. The standard InChI is InChI=1S/C89H72N2/c1-7-29-61(30-8-1)71-45-19-21-47-73(71)74-48-22-20-46-72(74)64-35-27-43-69(57-64)90(67-39-15-5-16-40-67)85-59-81(62-31-9-2-10-32-62)77-54-56-80-86(60-82(63-33-11-3-12-34-63)78-53-55-79(85)87(77)88(78)80)91(68-41-17-6-18-42-68)70-44-28-38-66(58-70)89(65-36-13-4-14-37-65)83-51-25-23-49-75(83)76-50-24-26-52-84(76)89/h1,4-8,13-30,35-60,62-63H,2-3,9-12,31-34H2. The summed E-state index contributed by atoms with van der Waals surface area (Å²) in [6.07, 6.45) is 12.4. The molecule has 14 aromatic rings. The van der Waals surface area contributed by atoms with Crippen molar-refractivity contribution in [2.24, 2.45) is 0 Å². The first-order valence-electron chi connectivity index (χ1n) is 33.4. The van der Waals surface area contributed by atoms with Gasteiger partial charge in [0.1, 0.15) is 0 Å². The highest BCUT2D eigenvalue weighted by atomic mass is 15.2. The van der Waals surface area contributed by atoms with Crippen molar-refractivity contribution in [2.45, 2.75) is 81.5 Å². The van der Waals surface area contributed by atoms with Crippen molar-refractivity contribution in [1.82, 2.24) is 0 Å². The number of benzene rings is 14. The average Bonchev–Trinajstić information content (AvgIpc) is 1.68. The van der Waals surface area contributed by atoms with Crippen molar-refractivity contribution >= 4 is 66.4 Å². The molecule has 91 heavy (non-hydrogen) atoms. The van der Waals surface area contributed by atoms with E-state index in [-0.39, 0.29) is 0 Å². The minimum atomic E-state index is -0.546. The van der Waals surface area contributed by atoms with E-state index in [9.17, 15) is 0 Å². The second-order valence-corrected chi connectivity index (χ2v) is 25.8. The maximum Gasteiger partial charge on any atom is 0.0714 e. The Balaban J connectivity index is 0.914. The van der Waals surface area contributed by atoms with Gasteiger partial charge < -0.3 is 9.80 Å². The Bertz CT molecular complexity index is 4910. The van der Waals surface area contributed by atoms with Crippen molar-refractivity contribution in [2.75, 3.05) is 9.80 Å². The molecule has 0 N–H and O–H groups in total. The molecule has 0 amide bonds. The monoisotopic (exact) mass is 1170 g/mol. The van der Waals surface area contributed by atoms with Crippen LogP contribution in [0.25, 0.3) is 76.8 Å². The topological polar surface area (TPSA) is 6.48 Å². The SMILES string of the molecule is c1ccc(-c2ccccc2-c2ccccc2-c2cccc(N(c3ccccc3)c3cc(C4CCCCC4)c4ccc5c(N(c6ccccc6)c6cccc(C7(c8ccccc8)c8ccccc8-c8ccccc87)c6)cc(C6CCCCC6)c6ccc3c4c65)c2)cc1. The van der Waals surface area contributed by atoms with Crippen LogP contribution in [0.2, 0.25) is 0 Å². The van der Waals surface area contributed by atoms with Crippen LogP contribution in [0.1, 0.15) is 109 Å². The average molecular weight is 1170 g/mol. The van der Waals surface area contributed by atoms with Crippen LogP contribution in [0.15, 0.2) is 303 Å². The molecule has 0 aliphatic heterocycles. The zero-order chi connectivity index (χ0) is 60.2. The Labute approximate surface area is 535 Å². The normalized spacial score (nSPS) is 14.8. The van der Waals surface area contributed by atoms with E-state index in [2.05, 4.69) is 313 Å². The number of para-hydroxylation sites is 2. The molecule has 2 fully saturated rings. The fraction of sp³-hybridized carbons (Fsp3) is 0.146. The fourth-order valence-corrected chi connectivity index (χ4v) is 16.9. The predicted molar refractivity (Wildman–Crippen MR) is 385 cm³/mol. The molecule has 3 aliphatic carbocycles. The molecule has 0 saturated heterocycles. The van der Waals surface area contributed by atoms with Crippen LogP contribution in [-0.4, -0.2) is 0 Å². The van der Waals surface area contributed by atoms with Crippen LogP contribution in [0, 0.1) is 0 Å². The highest BCUT2D eigenvalue weighted by Gasteiger charge is 2.46. The molecule has 438 valence electrons. The largest absolute Gasteiger partial charge is 0.310 e. The minimum Gasteiger partial charge on any atom is -0.310 e. The van der Waals surface area contributed by atoms with E-state index in [1.807, 2.05) is 0 Å². The van der Waals surface area contributed by atoms with Crippen molar-refractivity contribution < 1.29 is 0 Å². The Morgan fingerprint density at radius 2 is 0.615 bits per heavy atom. The van der Waals surface area contributed by atoms with E-state index in [0.717, 1.165) is 22.7 Å². The van der Waals surface area contributed by atoms with Crippen LogP contribution >= 0.6 is 0 Å². The van der Waals surface area contributed by atoms with Gasteiger partial charge in [0.15, 0.2) is 0 Å². The Morgan fingerprint density at radius 1 is 0.253 bits per heavy atom. The number of anilines is 6. The maximum absolute atomic E-state index is 2.64. The van der Waals surface area contributed by atoms with Crippen LogP contribution < -0.4 is 9.80 Å². The highest BCUT2D eigenvalue weighted by Crippen LogP contribution is 2.58. The summed E-state index contributed by atoms with van der Waals surface area (Å²) in [5.74, 6) is 0.887. The van der Waals surface area contributed by atoms with E-state index in [1.54, 1.807) is 0 Å². The molecular formula is C89H72N2. The molecule has 0 aromatic heterocycles. The summed E-state index contributed by atoms with van der Waals surface area (Å²) in [6.45, 7) is 0. The third kappa shape index (κ3) is 9.29. The Kier molecular flexibility index (Phi) is 14.0. The molecule has 2 saturated carbocycles. The second kappa shape index (κ2) is 23.3. The van der Waals surface area contributed by atoms with Gasteiger partial charge in [0.05, 0.1) is 16.8 Å². The Hall–Kier alpha value is -10.3. The summed E-state index contributed by atoms with van der Waals surface area (Å²) in [6, 6.07) is 115. The van der Waals surface area contributed by atoms with Gasteiger partial charge in [-0.2, -0.15) is 0 Å². The van der Waals surface area contributed by atoms with Gasteiger partial charge in [0.2, 0.25) is 0 Å². The smallest absolute Gasteiger partial charge is 0.0714 e. The molecular weight excluding hydrogens is 1100 g/mol. The lowest BCUT2D eigenvalue weighted by atomic mass is 9.67. The van der Waals surface area contributed by atoms with E-state index < -0.39 is 5.41 Å². The number of hydrogen-bond donors (Lipinski definition) is 0. The third-order valence-corrected chi connectivity index (χ3v) is 20.9. The quantitative estimate of drug-likeness (QED) is 0.106. The van der Waals surface area contributed by atoms with Crippen LogP contribution in [0.3, 0.4) is 0 Å². The Morgan fingerprint density at radius 3 is 1.12 bits per heavy atom. The van der Waals surface area contributed by atoms with E-state index in [1.165, 1.54) is 186 Å². The number of nitrogens with zero attached hydrogens (tertiary/aromatic N) is 2. The molecule has 0 radical (unpaired) electrons. The lowest BCUT2D eigenvalue weighted by Crippen LogP contribution is -2.28. The van der Waals surface area contributed by atoms with Gasteiger partial charge in [-0.1, -0.05) is 281 Å². The van der Waals surface area contributed by atoms with Crippen molar-refractivity contribution in [3.8, 4) is 44.5 Å². The molecule has 2 heteroatoms. The van der Waals surface area contributed by atoms with Crippen molar-refractivity contribution in [3.63, 3.8) is 0 Å². The molecule has 17 rings (SSSR count). The summed E-state index contributed by atoms with van der Waals surface area (Å²) >= 11 is 0. The van der Waals surface area contributed by atoms with Gasteiger partial charge in [0.25, 0.3) is 0 Å². The maximum atomic E-state index is 2.64. The van der Waals surface area contributed by atoms with Gasteiger partial charge in [-0.05, 0) is 198 Å². The first kappa shape index (κ1) is 54.8.